The third-order valence-electron chi connectivity index (χ3n) is 5.31. The van der Waals surface area contributed by atoms with Crippen molar-refractivity contribution in [3.05, 3.63) is 23.4 Å². The molecule has 0 saturated carbocycles. The molecule has 1 aromatic heterocycles. The van der Waals surface area contributed by atoms with Gasteiger partial charge in [-0.15, -0.1) is 11.8 Å². The number of carbonyl (C=O) groups is 1. The molecule has 0 radical (unpaired) electrons. The van der Waals surface area contributed by atoms with E-state index in [0.717, 1.165) is 49.6 Å². The Balaban J connectivity index is 1.57. The van der Waals surface area contributed by atoms with Crippen LogP contribution in [0.1, 0.15) is 44.4 Å². The quantitative estimate of drug-likeness (QED) is 0.695. The third-order valence-corrected chi connectivity index (χ3v) is 6.01. The van der Waals surface area contributed by atoms with E-state index in [0.29, 0.717) is 18.1 Å². The summed E-state index contributed by atoms with van der Waals surface area (Å²) >= 11 is 1.51. The van der Waals surface area contributed by atoms with Gasteiger partial charge in [0.25, 0.3) is 0 Å². The standard InChI is InChI=1S/C20H28N4O2S/c1-14(2)10-18-13-26-20(25)24(18)17-6-8-23(9-7-17)12-16-5-4-15(11-21)19(22-16)27-3/h4-5,14,17-18H,6-10,12-13H2,1-3H3. The summed E-state index contributed by atoms with van der Waals surface area (Å²) < 4.78 is 5.34. The summed E-state index contributed by atoms with van der Waals surface area (Å²) in [6, 6.07) is 6.49. The SMILES string of the molecule is CSc1nc(CN2CCC(N3C(=O)OCC3CC(C)C)CC2)ccc1C#N. The number of amides is 1. The van der Waals surface area contributed by atoms with Crippen LogP contribution >= 0.6 is 11.8 Å². The van der Waals surface area contributed by atoms with Crippen molar-refractivity contribution in [1.29, 1.82) is 5.26 Å². The van der Waals surface area contributed by atoms with Gasteiger partial charge in [0.1, 0.15) is 17.7 Å². The van der Waals surface area contributed by atoms with E-state index in [-0.39, 0.29) is 18.2 Å². The Kier molecular flexibility index (Phi) is 6.61. The van der Waals surface area contributed by atoms with Gasteiger partial charge in [-0.25, -0.2) is 9.78 Å². The number of likely N-dealkylation sites (tertiary alicyclic amines) is 1. The first kappa shape index (κ1) is 20.0. The highest BCUT2D eigenvalue weighted by atomic mass is 32.2. The van der Waals surface area contributed by atoms with Crippen molar-refractivity contribution in [2.75, 3.05) is 26.0 Å². The molecular weight excluding hydrogens is 360 g/mol. The Morgan fingerprint density at radius 3 is 2.74 bits per heavy atom. The minimum atomic E-state index is -0.141. The van der Waals surface area contributed by atoms with Gasteiger partial charge in [-0.05, 0) is 43.6 Å². The van der Waals surface area contributed by atoms with Crippen LogP contribution in [-0.4, -0.2) is 58.9 Å². The second-order valence-corrected chi connectivity index (χ2v) is 8.54. The van der Waals surface area contributed by atoms with Gasteiger partial charge in [-0.3, -0.25) is 9.80 Å². The fourth-order valence-electron chi connectivity index (χ4n) is 4.04. The zero-order valence-corrected chi connectivity index (χ0v) is 17.2. The molecule has 2 saturated heterocycles. The maximum absolute atomic E-state index is 12.2. The van der Waals surface area contributed by atoms with Crippen LogP contribution in [-0.2, 0) is 11.3 Å². The molecule has 0 aromatic carbocycles. The number of piperidine rings is 1. The largest absolute Gasteiger partial charge is 0.447 e. The molecule has 3 rings (SSSR count). The maximum atomic E-state index is 12.2. The Morgan fingerprint density at radius 2 is 2.11 bits per heavy atom. The van der Waals surface area contributed by atoms with E-state index in [9.17, 15) is 4.79 Å². The van der Waals surface area contributed by atoms with Crippen LogP contribution < -0.4 is 0 Å². The average molecular weight is 389 g/mol. The average Bonchev–Trinajstić information content (AvgIpc) is 3.02. The van der Waals surface area contributed by atoms with E-state index in [1.54, 1.807) is 0 Å². The minimum Gasteiger partial charge on any atom is -0.447 e. The molecule has 6 nitrogen and oxygen atoms in total. The molecule has 1 amide bonds. The van der Waals surface area contributed by atoms with Crippen LogP contribution in [0.15, 0.2) is 17.2 Å². The van der Waals surface area contributed by atoms with Crippen LogP contribution in [0.2, 0.25) is 0 Å². The molecule has 146 valence electrons. The maximum Gasteiger partial charge on any atom is 0.410 e. The van der Waals surface area contributed by atoms with E-state index in [2.05, 4.69) is 29.8 Å². The molecule has 2 aliphatic heterocycles. The second-order valence-electron chi connectivity index (χ2n) is 7.75. The summed E-state index contributed by atoms with van der Waals surface area (Å²) in [7, 11) is 0. The predicted octanol–water partition coefficient (Wildman–Crippen LogP) is 3.51. The predicted molar refractivity (Wildman–Crippen MR) is 105 cm³/mol. The van der Waals surface area contributed by atoms with Crippen LogP contribution in [0, 0.1) is 17.2 Å². The Morgan fingerprint density at radius 1 is 1.37 bits per heavy atom. The van der Waals surface area contributed by atoms with Crippen molar-refractivity contribution in [3.63, 3.8) is 0 Å². The van der Waals surface area contributed by atoms with Crippen molar-refractivity contribution < 1.29 is 9.53 Å². The van der Waals surface area contributed by atoms with Gasteiger partial charge in [0.15, 0.2) is 0 Å². The number of hydrogen-bond donors (Lipinski definition) is 0. The summed E-state index contributed by atoms with van der Waals surface area (Å²) in [6.07, 6.45) is 4.74. The van der Waals surface area contributed by atoms with Gasteiger partial charge in [-0.2, -0.15) is 5.26 Å². The lowest BCUT2D eigenvalue weighted by atomic mass is 9.98. The minimum absolute atomic E-state index is 0.141. The summed E-state index contributed by atoms with van der Waals surface area (Å²) in [5.74, 6) is 0.556. The van der Waals surface area contributed by atoms with Gasteiger partial charge in [0.2, 0.25) is 0 Å². The molecule has 0 aliphatic carbocycles. The molecule has 2 fully saturated rings. The molecule has 1 unspecified atom stereocenters. The summed E-state index contributed by atoms with van der Waals surface area (Å²) in [5, 5.41) is 9.93. The molecule has 1 atom stereocenters. The number of cyclic esters (lactones) is 1. The number of carbonyl (C=O) groups excluding carboxylic acids is 1. The van der Waals surface area contributed by atoms with Crippen LogP contribution in [0.5, 0.6) is 0 Å². The lowest BCUT2D eigenvalue weighted by Crippen LogP contribution is -2.48. The van der Waals surface area contributed by atoms with Crippen molar-refractivity contribution >= 4 is 17.9 Å². The summed E-state index contributed by atoms with van der Waals surface area (Å²) in [4.78, 5) is 21.2. The molecule has 27 heavy (non-hydrogen) atoms. The molecule has 7 heteroatoms. The lowest BCUT2D eigenvalue weighted by Gasteiger charge is -2.38. The Hall–Kier alpha value is -1.78. The third kappa shape index (κ3) is 4.74. The van der Waals surface area contributed by atoms with Crippen LogP contribution in [0.4, 0.5) is 4.79 Å². The number of nitrogens with zero attached hydrogens (tertiary/aromatic N) is 4. The Labute approximate surface area is 165 Å². The zero-order chi connectivity index (χ0) is 19.4. The van der Waals surface area contributed by atoms with E-state index >= 15 is 0 Å². The second kappa shape index (κ2) is 8.94. The van der Waals surface area contributed by atoms with Crippen molar-refractivity contribution in [2.24, 2.45) is 5.92 Å². The first-order valence-corrected chi connectivity index (χ1v) is 10.9. The molecule has 2 aliphatic rings. The molecule has 0 spiro atoms. The first-order chi connectivity index (χ1) is 13.0. The monoisotopic (exact) mass is 388 g/mol. The first-order valence-electron chi connectivity index (χ1n) is 9.63. The topological polar surface area (TPSA) is 69.5 Å². The van der Waals surface area contributed by atoms with Gasteiger partial charge in [0.05, 0.1) is 17.3 Å². The van der Waals surface area contributed by atoms with Gasteiger partial charge in [0, 0.05) is 25.7 Å². The highest BCUT2D eigenvalue weighted by molar-refractivity contribution is 7.98. The molecular formula is C20H28N4O2S. The number of ether oxygens (including phenoxy) is 1. The Bertz CT molecular complexity index is 710. The highest BCUT2D eigenvalue weighted by Gasteiger charge is 2.39. The van der Waals surface area contributed by atoms with Gasteiger partial charge >= 0.3 is 6.09 Å². The lowest BCUT2D eigenvalue weighted by molar-refractivity contribution is 0.0997. The molecule has 0 bridgehead atoms. The smallest absolute Gasteiger partial charge is 0.410 e. The number of nitriles is 1. The number of thioether (sulfide) groups is 1. The van der Waals surface area contributed by atoms with E-state index in [4.69, 9.17) is 10.00 Å². The fraction of sp³-hybridized carbons (Fsp3) is 0.650. The zero-order valence-electron chi connectivity index (χ0n) is 16.4. The molecule has 3 heterocycles. The van der Waals surface area contributed by atoms with E-state index < -0.39 is 0 Å². The van der Waals surface area contributed by atoms with Crippen LogP contribution in [0.3, 0.4) is 0 Å². The molecule has 0 N–H and O–H groups in total. The van der Waals surface area contributed by atoms with Gasteiger partial charge in [-0.1, -0.05) is 13.8 Å². The number of pyridine rings is 1. The van der Waals surface area contributed by atoms with Gasteiger partial charge < -0.3 is 4.74 Å². The molecule has 1 aromatic rings. The summed E-state index contributed by atoms with van der Waals surface area (Å²) in [6.45, 7) is 7.59. The van der Waals surface area contributed by atoms with Crippen molar-refractivity contribution in [1.82, 2.24) is 14.8 Å². The van der Waals surface area contributed by atoms with Crippen LogP contribution in [0.25, 0.3) is 0 Å². The summed E-state index contributed by atoms with van der Waals surface area (Å²) in [5.41, 5.74) is 1.63. The van der Waals surface area contributed by atoms with Crippen molar-refractivity contribution in [3.8, 4) is 6.07 Å². The highest BCUT2D eigenvalue weighted by Crippen LogP contribution is 2.28. The number of rotatable bonds is 6. The fourth-order valence-corrected chi connectivity index (χ4v) is 4.58. The van der Waals surface area contributed by atoms with Crippen molar-refractivity contribution in [2.45, 2.75) is 56.8 Å². The number of hydrogen-bond acceptors (Lipinski definition) is 6. The van der Waals surface area contributed by atoms with E-state index in [1.165, 1.54) is 11.8 Å². The normalized spacial score (nSPS) is 21.5. The number of aromatic nitrogens is 1. The van der Waals surface area contributed by atoms with E-state index in [1.807, 2.05) is 23.3 Å².